The van der Waals surface area contributed by atoms with E-state index in [2.05, 4.69) is 9.88 Å². The molecule has 2 aliphatic heterocycles. The molecule has 2 amide bonds. The maximum Gasteiger partial charge on any atom is 0.352 e. The summed E-state index contributed by atoms with van der Waals surface area (Å²) in [5, 5.41) is 13.2. The van der Waals surface area contributed by atoms with E-state index in [-0.39, 0.29) is 17.4 Å². The molecule has 1 aromatic heterocycles. The van der Waals surface area contributed by atoms with Crippen LogP contribution in [0.15, 0.2) is 63.8 Å². The summed E-state index contributed by atoms with van der Waals surface area (Å²) < 4.78 is 2.05. The number of β-lactam (4-membered cyclic amide) rings is 1. The number of aliphatic carboxylic acids is 1. The van der Waals surface area contributed by atoms with Crippen LogP contribution in [-0.4, -0.2) is 63.0 Å². The molecule has 0 unspecified atom stereocenters. The highest BCUT2D eigenvalue weighted by Gasteiger charge is 2.54. The molecule has 1 fully saturated rings. The average molecular weight is 601 g/mol. The van der Waals surface area contributed by atoms with Crippen LogP contribution in [-0.2, 0) is 20.9 Å². The lowest BCUT2D eigenvalue weighted by Crippen LogP contribution is -2.70. The first-order valence-electron chi connectivity index (χ1n) is 11.4. The minimum absolute atomic E-state index is 0.0146. The molecule has 2 aromatic rings. The van der Waals surface area contributed by atoms with Gasteiger partial charge in [0, 0.05) is 44.9 Å². The number of carboxylic acid groups (broad SMARTS) is 1. The van der Waals surface area contributed by atoms with E-state index in [1.165, 1.54) is 40.2 Å². The van der Waals surface area contributed by atoms with Crippen LogP contribution < -0.4 is 15.6 Å². The molecular formula is C24H25Cl2N4O4S3+. The molecule has 1 aromatic carbocycles. The Labute approximate surface area is 237 Å². The van der Waals surface area contributed by atoms with E-state index in [4.69, 9.17) is 28.9 Å². The quantitative estimate of drug-likeness (QED) is 0.205. The van der Waals surface area contributed by atoms with Gasteiger partial charge in [0.15, 0.2) is 12.4 Å². The maximum atomic E-state index is 12.9. The van der Waals surface area contributed by atoms with Crippen LogP contribution in [0.2, 0.25) is 10.0 Å². The number of fused-ring (bicyclic) bond motifs is 1. The molecular weight excluding hydrogens is 575 g/mol. The molecule has 196 valence electrons. The number of carboxylic acids is 1. The van der Waals surface area contributed by atoms with Gasteiger partial charge in [0.2, 0.25) is 5.91 Å². The largest absolute Gasteiger partial charge is 0.477 e. The predicted molar refractivity (Wildman–Crippen MR) is 148 cm³/mol. The molecule has 1 saturated heterocycles. The number of nitrogens with one attached hydrogen (secondary N) is 1. The van der Waals surface area contributed by atoms with Crippen LogP contribution in [0.3, 0.4) is 0 Å². The Morgan fingerprint density at radius 1 is 1.22 bits per heavy atom. The first kappa shape index (κ1) is 28.1. The summed E-state index contributed by atoms with van der Waals surface area (Å²) in [6.45, 7) is 1.47. The molecule has 8 nitrogen and oxygen atoms in total. The maximum absolute atomic E-state index is 12.9. The average Bonchev–Trinajstić information content (AvgIpc) is 2.89. The number of hydrogen-bond acceptors (Lipinski definition) is 7. The molecule has 0 spiro atoms. The fraction of sp³-hybridized carbons (Fsp3) is 0.333. The van der Waals surface area contributed by atoms with Crippen molar-refractivity contribution < 1.29 is 24.1 Å². The normalized spacial score (nSPS) is 18.9. The molecule has 4 N–H and O–H groups in total. The standard InChI is InChI=1S/C24H24Cl2N4O4S3/c25-15-2-3-17(26)18(10-15)36-13-19(31)28-20-22(32)30-21(24(33)34)14(12-37-23(20)30)11-35-16-4-8-29(9-5-16)7-1-6-27/h2-5,8-10,20,23H,1,6-7,11-13,27H2,(H-,28,31,33,34)/p+1/t20-,23+/m0/s1. The molecule has 3 heterocycles. The number of hydrogen-bond donors (Lipinski definition) is 3. The second-order valence-electron chi connectivity index (χ2n) is 8.28. The van der Waals surface area contributed by atoms with Crippen molar-refractivity contribution in [1.29, 1.82) is 0 Å². The zero-order valence-corrected chi connectivity index (χ0v) is 23.5. The third-order valence-electron chi connectivity index (χ3n) is 5.71. The Morgan fingerprint density at radius 3 is 2.68 bits per heavy atom. The molecule has 4 rings (SSSR count). The smallest absolute Gasteiger partial charge is 0.352 e. The predicted octanol–water partition coefficient (Wildman–Crippen LogP) is 3.25. The van der Waals surface area contributed by atoms with Crippen molar-refractivity contribution in [3.8, 4) is 0 Å². The zero-order valence-electron chi connectivity index (χ0n) is 19.6. The highest BCUT2D eigenvalue weighted by atomic mass is 35.5. The zero-order chi connectivity index (χ0) is 26.5. The number of nitrogens with zero attached hydrogens (tertiary/aromatic N) is 2. The lowest BCUT2D eigenvalue weighted by Gasteiger charge is -2.49. The van der Waals surface area contributed by atoms with Crippen molar-refractivity contribution in [1.82, 2.24) is 10.2 Å². The molecule has 2 atom stereocenters. The van der Waals surface area contributed by atoms with E-state index in [1.54, 1.807) is 18.2 Å². The SMILES string of the molecule is NCCC[n+]1ccc(SCC2=C(C(=O)O)N3C(=O)[C@H](NC(=O)CSc4cc(Cl)ccc4Cl)[C@H]3SC2)cc1. The fourth-order valence-corrected chi connectivity index (χ4v) is 7.55. The van der Waals surface area contributed by atoms with Crippen molar-refractivity contribution in [2.45, 2.75) is 34.2 Å². The third kappa shape index (κ3) is 6.76. The molecule has 0 aliphatic carbocycles. The van der Waals surface area contributed by atoms with Crippen LogP contribution in [0.5, 0.6) is 0 Å². The third-order valence-corrected chi connectivity index (χ3v) is 9.88. The van der Waals surface area contributed by atoms with Gasteiger partial charge in [-0.05, 0) is 30.3 Å². The highest BCUT2D eigenvalue weighted by molar-refractivity contribution is 8.01. The number of nitrogens with two attached hydrogens (primary N) is 1. The number of aryl methyl sites for hydroxylation is 1. The van der Waals surface area contributed by atoms with E-state index < -0.39 is 23.3 Å². The summed E-state index contributed by atoms with van der Waals surface area (Å²) in [5.74, 6) is -0.935. The van der Waals surface area contributed by atoms with Gasteiger partial charge in [-0.2, -0.15) is 0 Å². The number of thioether (sulfide) groups is 3. The topological polar surface area (TPSA) is 117 Å². The molecule has 0 saturated carbocycles. The number of benzene rings is 1. The Balaban J connectivity index is 1.35. The van der Waals surface area contributed by atoms with E-state index >= 15 is 0 Å². The van der Waals surface area contributed by atoms with Gasteiger partial charge in [-0.3, -0.25) is 14.5 Å². The van der Waals surface area contributed by atoms with Crippen molar-refractivity contribution in [3.05, 3.63) is 64.0 Å². The molecule has 0 radical (unpaired) electrons. The van der Waals surface area contributed by atoms with Crippen molar-refractivity contribution in [3.63, 3.8) is 0 Å². The van der Waals surface area contributed by atoms with Gasteiger partial charge in [0.05, 0.1) is 10.8 Å². The molecule has 37 heavy (non-hydrogen) atoms. The Bertz CT molecular complexity index is 1230. The summed E-state index contributed by atoms with van der Waals surface area (Å²) in [6, 6.07) is 8.19. The summed E-state index contributed by atoms with van der Waals surface area (Å²) in [5.41, 5.74) is 6.25. The first-order chi connectivity index (χ1) is 17.8. The van der Waals surface area contributed by atoms with E-state index in [0.717, 1.165) is 17.9 Å². The second kappa shape index (κ2) is 12.8. The van der Waals surface area contributed by atoms with Gasteiger partial charge in [0.1, 0.15) is 23.7 Å². The minimum Gasteiger partial charge on any atom is -0.477 e. The Kier molecular flexibility index (Phi) is 9.71. The summed E-state index contributed by atoms with van der Waals surface area (Å²) in [4.78, 5) is 40.5. The molecule has 2 aliphatic rings. The van der Waals surface area contributed by atoms with Crippen LogP contribution in [0.25, 0.3) is 0 Å². The van der Waals surface area contributed by atoms with Crippen LogP contribution >= 0.6 is 58.5 Å². The first-order valence-corrected chi connectivity index (χ1v) is 15.1. The van der Waals surface area contributed by atoms with Gasteiger partial charge in [0.25, 0.3) is 5.91 Å². The second-order valence-corrected chi connectivity index (χ2v) is 12.3. The van der Waals surface area contributed by atoms with Gasteiger partial charge in [-0.1, -0.05) is 23.2 Å². The number of amides is 2. The van der Waals surface area contributed by atoms with Crippen LogP contribution in [0.1, 0.15) is 6.42 Å². The molecule has 0 bridgehead atoms. The summed E-state index contributed by atoms with van der Waals surface area (Å²) in [7, 11) is 0. The molecule has 13 heteroatoms. The van der Waals surface area contributed by atoms with Gasteiger partial charge in [-0.15, -0.1) is 35.3 Å². The Hall–Kier alpha value is -1.89. The lowest BCUT2D eigenvalue weighted by atomic mass is 10.0. The number of pyridine rings is 1. The number of aromatic nitrogens is 1. The van der Waals surface area contributed by atoms with Crippen molar-refractivity contribution in [2.24, 2.45) is 5.73 Å². The number of carbonyl (C=O) groups is 3. The Morgan fingerprint density at radius 2 is 1.97 bits per heavy atom. The van der Waals surface area contributed by atoms with Gasteiger partial charge >= 0.3 is 5.97 Å². The number of carbonyl (C=O) groups excluding carboxylic acids is 2. The highest BCUT2D eigenvalue weighted by Crippen LogP contribution is 2.41. The minimum atomic E-state index is -1.14. The van der Waals surface area contributed by atoms with Gasteiger partial charge < -0.3 is 16.2 Å². The fourth-order valence-electron chi connectivity index (χ4n) is 3.87. The van der Waals surface area contributed by atoms with Gasteiger partial charge in [-0.25, -0.2) is 9.36 Å². The van der Waals surface area contributed by atoms with E-state index in [0.29, 0.717) is 38.6 Å². The van der Waals surface area contributed by atoms with E-state index in [9.17, 15) is 19.5 Å². The van der Waals surface area contributed by atoms with Crippen LogP contribution in [0.4, 0.5) is 0 Å². The van der Waals surface area contributed by atoms with Crippen LogP contribution in [0, 0.1) is 0 Å². The lowest BCUT2D eigenvalue weighted by molar-refractivity contribution is -0.697. The van der Waals surface area contributed by atoms with Crippen molar-refractivity contribution >= 4 is 76.3 Å². The van der Waals surface area contributed by atoms with E-state index in [1.807, 2.05) is 24.5 Å². The number of rotatable bonds is 11. The summed E-state index contributed by atoms with van der Waals surface area (Å²) >= 11 is 16.3. The monoisotopic (exact) mass is 599 g/mol. The summed E-state index contributed by atoms with van der Waals surface area (Å²) in [6.07, 6.45) is 4.84. The number of halogens is 2. The van der Waals surface area contributed by atoms with Crippen molar-refractivity contribution in [2.75, 3.05) is 23.8 Å².